The van der Waals surface area contributed by atoms with Crippen molar-refractivity contribution in [3.8, 4) is 0 Å². The van der Waals surface area contributed by atoms with Gasteiger partial charge in [0, 0.05) is 17.1 Å². The lowest BCUT2D eigenvalue weighted by Gasteiger charge is -2.05. The van der Waals surface area contributed by atoms with E-state index >= 15 is 0 Å². The number of nitrogens with one attached hydrogen (secondary N) is 1. The Kier molecular flexibility index (Phi) is 5.66. The first kappa shape index (κ1) is 22.2. The number of rotatable bonds is 6. The first-order valence-electron chi connectivity index (χ1n) is 10.5. The van der Waals surface area contributed by atoms with E-state index in [4.69, 9.17) is 0 Å². The number of amides is 1. The highest BCUT2D eigenvalue weighted by Crippen LogP contribution is 2.29. The van der Waals surface area contributed by atoms with Gasteiger partial charge in [0.2, 0.25) is 5.91 Å². The number of benzene rings is 3. The molecule has 2 aromatic heterocycles. The Morgan fingerprint density at radius 1 is 1.09 bits per heavy atom. The minimum absolute atomic E-state index is 0.0679. The number of nitrogens with zero attached hydrogens (tertiary/aromatic N) is 2. The topological polar surface area (TPSA) is 81.1 Å². The molecule has 34 heavy (non-hydrogen) atoms. The van der Waals surface area contributed by atoms with Gasteiger partial charge in [-0.1, -0.05) is 47.7 Å². The van der Waals surface area contributed by atoms with Crippen molar-refractivity contribution in [2.45, 2.75) is 24.1 Å². The standard InChI is InChI=1S/C25H20FN3O3S2/c1-16-6-11-20-22(12-16)33-25(27-20)28-24(30)14-29-13-23(19-4-2-3-5-21(19)29)34(31,32)15-17-7-9-18(26)10-8-17/h2-13H,14-15H2,1H3,(H,27,28,30). The number of aromatic nitrogens is 2. The molecule has 0 unspecified atom stereocenters. The van der Waals surface area contributed by atoms with Crippen molar-refractivity contribution in [2.75, 3.05) is 5.32 Å². The molecular formula is C25H20FN3O3S2. The quantitative estimate of drug-likeness (QED) is 0.348. The highest BCUT2D eigenvalue weighted by atomic mass is 32.2. The van der Waals surface area contributed by atoms with Gasteiger partial charge in [-0.05, 0) is 48.4 Å². The first-order valence-corrected chi connectivity index (χ1v) is 13.0. The zero-order chi connectivity index (χ0) is 23.9. The second kappa shape index (κ2) is 8.66. The summed E-state index contributed by atoms with van der Waals surface area (Å²) in [7, 11) is -3.73. The van der Waals surface area contributed by atoms with Crippen molar-refractivity contribution in [1.82, 2.24) is 9.55 Å². The van der Waals surface area contributed by atoms with Gasteiger partial charge in [0.15, 0.2) is 15.0 Å². The summed E-state index contributed by atoms with van der Waals surface area (Å²) in [5.74, 6) is -0.996. The van der Waals surface area contributed by atoms with E-state index in [2.05, 4.69) is 10.3 Å². The van der Waals surface area contributed by atoms with Crippen LogP contribution in [-0.2, 0) is 26.9 Å². The monoisotopic (exact) mass is 493 g/mol. The SMILES string of the molecule is Cc1ccc2nc(NC(=O)Cn3cc(S(=O)(=O)Cc4ccc(F)cc4)c4ccccc43)sc2c1. The van der Waals surface area contributed by atoms with E-state index < -0.39 is 15.7 Å². The molecule has 1 N–H and O–H groups in total. The van der Waals surface area contributed by atoms with E-state index in [0.29, 0.717) is 21.6 Å². The Morgan fingerprint density at radius 3 is 2.65 bits per heavy atom. The number of halogens is 1. The second-order valence-corrected chi connectivity index (χ2v) is 11.1. The smallest absolute Gasteiger partial charge is 0.246 e. The first-order chi connectivity index (χ1) is 16.3. The number of para-hydroxylation sites is 1. The van der Waals surface area contributed by atoms with Gasteiger partial charge in [-0.3, -0.25) is 4.79 Å². The number of fused-ring (bicyclic) bond motifs is 2. The summed E-state index contributed by atoms with van der Waals surface area (Å²) in [6.07, 6.45) is 1.49. The molecule has 0 fully saturated rings. The van der Waals surface area contributed by atoms with Crippen molar-refractivity contribution in [1.29, 1.82) is 0 Å². The summed E-state index contributed by atoms with van der Waals surface area (Å²) >= 11 is 1.39. The van der Waals surface area contributed by atoms with Gasteiger partial charge in [-0.15, -0.1) is 0 Å². The number of anilines is 1. The summed E-state index contributed by atoms with van der Waals surface area (Å²) in [5, 5.41) is 3.85. The lowest BCUT2D eigenvalue weighted by Crippen LogP contribution is -2.18. The number of carbonyl (C=O) groups is 1. The van der Waals surface area contributed by atoms with Crippen molar-refractivity contribution in [2.24, 2.45) is 0 Å². The van der Waals surface area contributed by atoms with Crippen LogP contribution in [0, 0.1) is 12.7 Å². The van der Waals surface area contributed by atoms with E-state index in [-0.39, 0.29) is 23.1 Å². The second-order valence-electron chi connectivity index (χ2n) is 8.06. The van der Waals surface area contributed by atoms with Gasteiger partial charge in [-0.25, -0.2) is 17.8 Å². The predicted octanol–water partition coefficient (Wildman–Crippen LogP) is 5.31. The molecule has 2 heterocycles. The number of thiazole rings is 1. The Bertz CT molecular complexity index is 1640. The van der Waals surface area contributed by atoms with Crippen LogP contribution in [0.3, 0.4) is 0 Å². The molecule has 0 radical (unpaired) electrons. The van der Waals surface area contributed by atoms with Crippen molar-refractivity contribution in [3.63, 3.8) is 0 Å². The fourth-order valence-electron chi connectivity index (χ4n) is 3.87. The number of aryl methyl sites for hydroxylation is 1. The third-order valence-corrected chi connectivity index (χ3v) is 8.10. The molecule has 0 bridgehead atoms. The third kappa shape index (κ3) is 4.44. The molecule has 9 heteroatoms. The Labute approximate surface area is 199 Å². The van der Waals surface area contributed by atoms with Crippen LogP contribution < -0.4 is 5.32 Å². The Morgan fingerprint density at radius 2 is 1.85 bits per heavy atom. The van der Waals surface area contributed by atoms with Crippen LogP contribution in [0.5, 0.6) is 0 Å². The van der Waals surface area contributed by atoms with Crippen LogP contribution in [0.15, 0.2) is 77.8 Å². The van der Waals surface area contributed by atoms with E-state index in [0.717, 1.165) is 15.8 Å². The molecule has 5 aromatic rings. The van der Waals surface area contributed by atoms with Crippen LogP contribution in [-0.4, -0.2) is 23.9 Å². The Hall–Kier alpha value is -3.56. The third-order valence-electron chi connectivity index (χ3n) is 5.46. The van der Waals surface area contributed by atoms with Crippen LogP contribution in [0.4, 0.5) is 9.52 Å². The fourth-order valence-corrected chi connectivity index (χ4v) is 6.43. The van der Waals surface area contributed by atoms with Crippen LogP contribution in [0.2, 0.25) is 0 Å². The molecule has 0 saturated carbocycles. The van der Waals surface area contributed by atoms with Gasteiger partial charge in [0.1, 0.15) is 12.4 Å². The average molecular weight is 494 g/mol. The molecule has 3 aromatic carbocycles. The molecule has 6 nitrogen and oxygen atoms in total. The number of carbonyl (C=O) groups excluding carboxylic acids is 1. The summed E-state index contributed by atoms with van der Waals surface area (Å²) in [6, 6.07) is 18.3. The van der Waals surface area contributed by atoms with Gasteiger partial charge in [0.05, 0.1) is 20.9 Å². The normalized spacial score (nSPS) is 11.8. The zero-order valence-electron chi connectivity index (χ0n) is 18.2. The minimum atomic E-state index is -3.73. The summed E-state index contributed by atoms with van der Waals surface area (Å²) in [6.45, 7) is 1.93. The molecule has 0 aliphatic carbocycles. The molecular weight excluding hydrogens is 473 g/mol. The lowest BCUT2D eigenvalue weighted by atomic mass is 10.2. The van der Waals surface area contributed by atoms with Gasteiger partial charge in [0.25, 0.3) is 0 Å². The van der Waals surface area contributed by atoms with E-state index in [9.17, 15) is 17.6 Å². The largest absolute Gasteiger partial charge is 0.337 e. The Balaban J connectivity index is 1.42. The summed E-state index contributed by atoms with van der Waals surface area (Å²) < 4.78 is 42.2. The van der Waals surface area contributed by atoms with E-state index in [1.807, 2.05) is 25.1 Å². The maximum atomic E-state index is 13.2. The molecule has 0 atom stereocenters. The van der Waals surface area contributed by atoms with Gasteiger partial charge >= 0.3 is 0 Å². The van der Waals surface area contributed by atoms with Crippen LogP contribution >= 0.6 is 11.3 Å². The number of hydrogen-bond donors (Lipinski definition) is 1. The maximum Gasteiger partial charge on any atom is 0.246 e. The lowest BCUT2D eigenvalue weighted by molar-refractivity contribution is -0.116. The van der Waals surface area contributed by atoms with Crippen molar-refractivity contribution in [3.05, 3.63) is 89.9 Å². The molecule has 0 aliphatic rings. The summed E-state index contributed by atoms with van der Waals surface area (Å²) in [4.78, 5) is 17.4. The summed E-state index contributed by atoms with van der Waals surface area (Å²) in [5.41, 5.74) is 3.05. The highest BCUT2D eigenvalue weighted by molar-refractivity contribution is 7.90. The minimum Gasteiger partial charge on any atom is -0.337 e. The molecule has 172 valence electrons. The van der Waals surface area contributed by atoms with E-state index in [1.54, 1.807) is 28.8 Å². The molecule has 1 amide bonds. The zero-order valence-corrected chi connectivity index (χ0v) is 19.8. The number of sulfone groups is 1. The molecule has 0 saturated heterocycles. The van der Waals surface area contributed by atoms with Gasteiger partial charge < -0.3 is 9.88 Å². The van der Waals surface area contributed by atoms with Crippen LogP contribution in [0.25, 0.3) is 21.1 Å². The van der Waals surface area contributed by atoms with Gasteiger partial charge in [-0.2, -0.15) is 0 Å². The fraction of sp³-hybridized carbons (Fsp3) is 0.120. The molecule has 0 spiro atoms. The van der Waals surface area contributed by atoms with Crippen LogP contribution in [0.1, 0.15) is 11.1 Å². The maximum absolute atomic E-state index is 13.2. The molecule has 0 aliphatic heterocycles. The van der Waals surface area contributed by atoms with Crippen molar-refractivity contribution < 1.29 is 17.6 Å². The predicted molar refractivity (Wildman–Crippen MR) is 132 cm³/mol. The van der Waals surface area contributed by atoms with E-state index in [1.165, 1.54) is 41.8 Å². The highest BCUT2D eigenvalue weighted by Gasteiger charge is 2.22. The van der Waals surface area contributed by atoms with Crippen molar-refractivity contribution >= 4 is 53.3 Å². The average Bonchev–Trinajstić information content (AvgIpc) is 3.36. The molecule has 5 rings (SSSR count). The number of hydrogen-bond acceptors (Lipinski definition) is 5.